The van der Waals surface area contributed by atoms with Gasteiger partial charge in [-0.1, -0.05) is 0 Å². The molecule has 2 heterocycles. The minimum absolute atomic E-state index is 0.0168. The predicted molar refractivity (Wildman–Crippen MR) is 97.1 cm³/mol. The molecule has 0 spiro atoms. The van der Waals surface area contributed by atoms with Gasteiger partial charge in [-0.05, 0) is 56.0 Å². The van der Waals surface area contributed by atoms with Crippen LogP contribution in [-0.4, -0.2) is 38.1 Å². The molecule has 2 aromatic heterocycles. The summed E-state index contributed by atoms with van der Waals surface area (Å²) in [4.78, 5) is 25.2. The van der Waals surface area contributed by atoms with E-state index in [9.17, 15) is 4.79 Å². The van der Waals surface area contributed by atoms with E-state index in [4.69, 9.17) is 16.3 Å². The van der Waals surface area contributed by atoms with Crippen molar-refractivity contribution in [3.8, 4) is 5.82 Å². The van der Waals surface area contributed by atoms with Crippen LogP contribution in [0.3, 0.4) is 0 Å². The van der Waals surface area contributed by atoms with Gasteiger partial charge in [-0.15, -0.1) is 0 Å². The number of ether oxygens (including phenoxy) is 1. The van der Waals surface area contributed by atoms with Gasteiger partial charge in [0.1, 0.15) is 18.0 Å². The van der Waals surface area contributed by atoms with E-state index < -0.39 is 0 Å². The minimum atomic E-state index is -0.132. The molecule has 3 aliphatic carbocycles. The molecule has 3 saturated carbocycles. The standard InChI is InChI=1S/C18H22ClN5O2/c1-2-26-17(25)15-11-3-5-12(6-4-11)16(15)21-13-9-14(23-18(19)22-13)24-8-7-20-10-24/h7-12,15-16H,2-6H2,1H3,(H,21,22,23)/t11?,12?,15-,16-/m1/s1. The maximum absolute atomic E-state index is 12.6. The number of imidazole rings is 1. The lowest BCUT2D eigenvalue weighted by Crippen LogP contribution is -2.52. The summed E-state index contributed by atoms with van der Waals surface area (Å²) in [5.41, 5.74) is 0. The smallest absolute Gasteiger partial charge is 0.311 e. The largest absolute Gasteiger partial charge is 0.466 e. The molecule has 0 unspecified atom stereocenters. The van der Waals surface area contributed by atoms with Crippen molar-refractivity contribution < 1.29 is 9.53 Å². The molecule has 0 saturated heterocycles. The molecule has 8 heteroatoms. The van der Waals surface area contributed by atoms with Gasteiger partial charge in [0, 0.05) is 24.5 Å². The Morgan fingerprint density at radius 2 is 2.08 bits per heavy atom. The lowest BCUT2D eigenvalue weighted by atomic mass is 9.61. The molecule has 3 fully saturated rings. The summed E-state index contributed by atoms with van der Waals surface area (Å²) in [6, 6.07) is 1.85. The molecule has 1 N–H and O–H groups in total. The van der Waals surface area contributed by atoms with E-state index in [2.05, 4.69) is 20.3 Å². The van der Waals surface area contributed by atoms with E-state index in [1.807, 2.05) is 13.0 Å². The zero-order valence-corrected chi connectivity index (χ0v) is 15.4. The second-order valence-electron chi connectivity index (χ2n) is 6.97. The number of fused-ring (bicyclic) bond motifs is 3. The number of halogens is 1. The summed E-state index contributed by atoms with van der Waals surface area (Å²) >= 11 is 6.12. The molecule has 0 aromatic carbocycles. The third-order valence-electron chi connectivity index (χ3n) is 5.55. The van der Waals surface area contributed by atoms with Crippen molar-refractivity contribution in [1.82, 2.24) is 19.5 Å². The van der Waals surface area contributed by atoms with Gasteiger partial charge in [-0.25, -0.2) is 9.97 Å². The molecule has 3 aliphatic rings. The van der Waals surface area contributed by atoms with Gasteiger partial charge >= 0.3 is 5.97 Å². The summed E-state index contributed by atoms with van der Waals surface area (Å²) in [7, 11) is 0. The van der Waals surface area contributed by atoms with Crippen LogP contribution in [0, 0.1) is 17.8 Å². The first-order chi connectivity index (χ1) is 12.7. The number of aromatic nitrogens is 4. The molecule has 7 nitrogen and oxygen atoms in total. The van der Waals surface area contributed by atoms with Crippen molar-refractivity contribution in [3.63, 3.8) is 0 Å². The van der Waals surface area contributed by atoms with Gasteiger partial charge in [0.25, 0.3) is 0 Å². The zero-order chi connectivity index (χ0) is 18.1. The monoisotopic (exact) mass is 375 g/mol. The highest BCUT2D eigenvalue weighted by atomic mass is 35.5. The van der Waals surface area contributed by atoms with E-state index in [1.165, 1.54) is 0 Å². The maximum Gasteiger partial charge on any atom is 0.311 e. The van der Waals surface area contributed by atoms with Crippen molar-refractivity contribution in [2.24, 2.45) is 17.8 Å². The first-order valence-electron chi connectivity index (χ1n) is 9.11. The average molecular weight is 376 g/mol. The molecular weight excluding hydrogens is 354 g/mol. The van der Waals surface area contributed by atoms with E-state index >= 15 is 0 Å². The second kappa shape index (κ2) is 7.23. The van der Waals surface area contributed by atoms with Crippen LogP contribution in [0.4, 0.5) is 5.82 Å². The van der Waals surface area contributed by atoms with Gasteiger partial charge < -0.3 is 10.1 Å². The van der Waals surface area contributed by atoms with Crippen LogP contribution in [0.25, 0.3) is 5.82 Å². The fourth-order valence-electron chi connectivity index (χ4n) is 4.41. The highest BCUT2D eigenvalue weighted by Gasteiger charge is 2.48. The van der Waals surface area contributed by atoms with Crippen LogP contribution >= 0.6 is 11.6 Å². The van der Waals surface area contributed by atoms with Gasteiger partial charge in [0.2, 0.25) is 5.28 Å². The molecule has 0 aliphatic heterocycles. The molecule has 26 heavy (non-hydrogen) atoms. The molecule has 0 amide bonds. The number of hydrogen-bond acceptors (Lipinski definition) is 6. The van der Waals surface area contributed by atoms with Crippen LogP contribution in [0.1, 0.15) is 32.6 Å². The Morgan fingerprint density at radius 3 is 2.77 bits per heavy atom. The lowest BCUT2D eigenvalue weighted by molar-refractivity contribution is -0.154. The summed E-state index contributed by atoms with van der Waals surface area (Å²) in [6.07, 6.45) is 9.59. The number of nitrogens with one attached hydrogen (secondary N) is 1. The SMILES string of the molecule is CCOC(=O)[C@@H]1C2CCC(CC2)[C@H]1Nc1cc(-n2ccnc2)nc(Cl)n1. The number of carbonyl (C=O) groups is 1. The Morgan fingerprint density at radius 1 is 1.31 bits per heavy atom. The van der Waals surface area contributed by atoms with Crippen LogP contribution in [-0.2, 0) is 9.53 Å². The van der Waals surface area contributed by atoms with Gasteiger partial charge in [0.05, 0.1) is 12.5 Å². The second-order valence-corrected chi connectivity index (χ2v) is 7.31. The summed E-state index contributed by atoms with van der Waals surface area (Å²) in [5.74, 6) is 1.85. The average Bonchev–Trinajstić information content (AvgIpc) is 3.17. The first kappa shape index (κ1) is 17.3. The number of nitrogens with zero attached hydrogens (tertiary/aromatic N) is 4. The topological polar surface area (TPSA) is 81.9 Å². The van der Waals surface area contributed by atoms with Gasteiger partial charge in [-0.2, -0.15) is 4.98 Å². The maximum atomic E-state index is 12.6. The van der Waals surface area contributed by atoms with E-state index in [0.717, 1.165) is 25.7 Å². The van der Waals surface area contributed by atoms with Crippen molar-refractivity contribution in [2.75, 3.05) is 11.9 Å². The summed E-state index contributed by atoms with van der Waals surface area (Å²) in [5, 5.41) is 3.63. The Labute approximate surface area is 157 Å². The first-order valence-corrected chi connectivity index (χ1v) is 9.49. The fraction of sp³-hybridized carbons (Fsp3) is 0.556. The van der Waals surface area contributed by atoms with E-state index in [0.29, 0.717) is 30.1 Å². The molecule has 2 aromatic rings. The highest BCUT2D eigenvalue weighted by molar-refractivity contribution is 6.28. The summed E-state index contributed by atoms with van der Waals surface area (Å²) in [6.45, 7) is 2.26. The summed E-state index contributed by atoms with van der Waals surface area (Å²) < 4.78 is 7.13. The Bertz CT molecular complexity index is 774. The predicted octanol–water partition coefficient (Wildman–Crippen LogP) is 3.10. The number of esters is 1. The van der Waals surface area contributed by atoms with Gasteiger partial charge in [0.15, 0.2) is 0 Å². The number of carbonyl (C=O) groups excluding carboxylic acids is 1. The normalized spacial score (nSPS) is 27.3. The Hall–Kier alpha value is -2.15. The molecule has 5 rings (SSSR count). The number of anilines is 1. The van der Waals surface area contributed by atoms with Crippen molar-refractivity contribution >= 4 is 23.4 Å². The lowest BCUT2D eigenvalue weighted by Gasteiger charge is -2.47. The van der Waals surface area contributed by atoms with Crippen molar-refractivity contribution in [1.29, 1.82) is 0 Å². The van der Waals surface area contributed by atoms with Crippen molar-refractivity contribution in [2.45, 2.75) is 38.6 Å². The molecular formula is C18H22ClN5O2. The highest BCUT2D eigenvalue weighted by Crippen LogP contribution is 2.46. The molecule has 2 bridgehead atoms. The van der Waals surface area contributed by atoms with Crippen LogP contribution in [0.2, 0.25) is 5.28 Å². The van der Waals surface area contributed by atoms with Gasteiger partial charge in [-0.3, -0.25) is 9.36 Å². The molecule has 2 atom stereocenters. The zero-order valence-electron chi connectivity index (χ0n) is 14.6. The van der Waals surface area contributed by atoms with Crippen LogP contribution in [0.15, 0.2) is 24.8 Å². The Balaban J connectivity index is 1.61. The molecule has 138 valence electrons. The third kappa shape index (κ3) is 3.28. The Kier molecular flexibility index (Phi) is 4.80. The van der Waals surface area contributed by atoms with E-state index in [1.54, 1.807) is 23.3 Å². The quantitative estimate of drug-likeness (QED) is 0.638. The molecule has 0 radical (unpaired) electrons. The number of rotatable bonds is 5. The van der Waals surface area contributed by atoms with Crippen LogP contribution in [0.5, 0.6) is 0 Å². The van der Waals surface area contributed by atoms with Crippen molar-refractivity contribution in [3.05, 3.63) is 30.1 Å². The number of hydrogen-bond donors (Lipinski definition) is 1. The van der Waals surface area contributed by atoms with Crippen LogP contribution < -0.4 is 5.32 Å². The minimum Gasteiger partial charge on any atom is -0.466 e. The van der Waals surface area contributed by atoms with E-state index in [-0.39, 0.29) is 23.2 Å². The third-order valence-corrected chi connectivity index (χ3v) is 5.72. The fourth-order valence-corrected chi connectivity index (χ4v) is 4.59.